The second-order valence-corrected chi connectivity index (χ2v) is 15.7. The van der Waals surface area contributed by atoms with Crippen LogP contribution in [0.25, 0.3) is 86.9 Å². The molecule has 280 valence electrons. The molecule has 1 N–H and O–H groups in total. The summed E-state index contributed by atoms with van der Waals surface area (Å²) in [6, 6.07) is 76.7. The molecule has 0 saturated heterocycles. The van der Waals surface area contributed by atoms with Crippen molar-refractivity contribution in [2.24, 2.45) is 9.98 Å². The summed E-state index contributed by atoms with van der Waals surface area (Å²) in [6.07, 6.45) is -0.280. The predicted molar refractivity (Wildman–Crippen MR) is 254 cm³/mol. The first-order valence-corrected chi connectivity index (χ1v) is 20.6. The molecule has 11 aromatic carbocycles. The normalized spacial score (nSPS) is 14.2. The number of hydrogen-bond donors (Lipinski definition) is 1. The number of hydrogen-bond acceptors (Lipinski definition) is 3. The van der Waals surface area contributed by atoms with E-state index in [9.17, 15) is 0 Å². The molecule has 12 rings (SSSR count). The van der Waals surface area contributed by atoms with Gasteiger partial charge in [-0.2, -0.15) is 0 Å². The molecule has 11 aromatic rings. The summed E-state index contributed by atoms with van der Waals surface area (Å²) in [6.45, 7) is 0. The summed E-state index contributed by atoms with van der Waals surface area (Å²) < 4.78 is 0. The molecule has 1 aliphatic heterocycles. The molecule has 1 heterocycles. The van der Waals surface area contributed by atoms with Crippen LogP contribution in [0.4, 0.5) is 0 Å². The van der Waals surface area contributed by atoms with Gasteiger partial charge in [0, 0.05) is 11.1 Å². The van der Waals surface area contributed by atoms with Gasteiger partial charge in [-0.15, -0.1) is 0 Å². The molecule has 0 spiro atoms. The zero-order chi connectivity index (χ0) is 39.6. The highest BCUT2D eigenvalue weighted by Crippen LogP contribution is 2.44. The van der Waals surface area contributed by atoms with Crippen LogP contribution in [0.5, 0.6) is 0 Å². The van der Waals surface area contributed by atoms with E-state index in [1.165, 1.54) is 81.3 Å². The molecular weight excluding hydrogens is 727 g/mol. The second kappa shape index (κ2) is 13.9. The lowest BCUT2D eigenvalue weighted by molar-refractivity contribution is 0.674. The molecule has 0 aliphatic carbocycles. The van der Waals surface area contributed by atoms with Crippen molar-refractivity contribution in [3.05, 3.63) is 229 Å². The van der Waals surface area contributed by atoms with Crippen LogP contribution in [0, 0.1) is 0 Å². The van der Waals surface area contributed by atoms with Crippen molar-refractivity contribution in [1.82, 2.24) is 5.32 Å². The fourth-order valence-electron chi connectivity index (χ4n) is 9.47. The minimum atomic E-state index is -0.280. The van der Waals surface area contributed by atoms with Crippen LogP contribution in [-0.4, -0.2) is 11.7 Å². The van der Waals surface area contributed by atoms with Gasteiger partial charge < -0.3 is 5.32 Å². The number of aliphatic imine (C=N–C) groups is 2. The van der Waals surface area contributed by atoms with Gasteiger partial charge >= 0.3 is 0 Å². The molecule has 1 aliphatic rings. The third-order valence-electron chi connectivity index (χ3n) is 12.3. The van der Waals surface area contributed by atoms with Crippen LogP contribution in [0.2, 0.25) is 0 Å². The summed E-state index contributed by atoms with van der Waals surface area (Å²) in [7, 11) is 0. The van der Waals surface area contributed by atoms with Crippen LogP contribution in [0.15, 0.2) is 222 Å². The fourth-order valence-corrected chi connectivity index (χ4v) is 9.47. The lowest BCUT2D eigenvalue weighted by Crippen LogP contribution is -2.33. The number of nitrogens with one attached hydrogen (secondary N) is 1. The third kappa shape index (κ3) is 5.59. The number of fused-ring (bicyclic) bond motifs is 12. The van der Waals surface area contributed by atoms with Crippen molar-refractivity contribution in [2.75, 3.05) is 0 Å². The molecule has 3 heteroatoms. The van der Waals surface area contributed by atoms with Gasteiger partial charge in [0.15, 0.2) is 5.84 Å². The monoisotopic (exact) mass is 763 g/mol. The van der Waals surface area contributed by atoms with Crippen LogP contribution >= 0.6 is 0 Å². The zero-order valence-corrected chi connectivity index (χ0v) is 32.7. The first-order valence-electron chi connectivity index (χ1n) is 20.6. The van der Waals surface area contributed by atoms with Crippen LogP contribution in [0.1, 0.15) is 22.9 Å². The molecule has 1 atom stereocenters. The molecule has 3 nitrogen and oxygen atoms in total. The fraction of sp³-hybridized carbons (Fsp3) is 0.0175. The van der Waals surface area contributed by atoms with E-state index in [0.29, 0.717) is 5.84 Å². The van der Waals surface area contributed by atoms with Crippen molar-refractivity contribution >= 4 is 76.3 Å². The van der Waals surface area contributed by atoms with Gasteiger partial charge in [-0.05, 0) is 117 Å². The van der Waals surface area contributed by atoms with Gasteiger partial charge in [0.25, 0.3) is 0 Å². The third-order valence-corrected chi connectivity index (χ3v) is 12.3. The smallest absolute Gasteiger partial charge is 0.159 e. The Bertz CT molecular complexity index is 3530. The molecule has 0 radical (unpaired) electrons. The Morgan fingerprint density at radius 3 is 1.45 bits per heavy atom. The maximum absolute atomic E-state index is 5.18. The maximum atomic E-state index is 5.18. The summed E-state index contributed by atoms with van der Waals surface area (Å²) in [5.41, 5.74) is 7.75. The first kappa shape index (κ1) is 34.2. The maximum Gasteiger partial charge on any atom is 0.159 e. The molecule has 0 bridgehead atoms. The average molecular weight is 764 g/mol. The van der Waals surface area contributed by atoms with Crippen molar-refractivity contribution in [3.8, 4) is 22.3 Å². The number of nitrogens with zero attached hydrogens (tertiary/aromatic N) is 2. The summed E-state index contributed by atoms with van der Waals surface area (Å²) in [5, 5.41) is 18.8. The standard InChI is InChI=1S/C57H37N3/c1-3-16-36(17-4-1)55-58-56(37-18-5-2-6-19-37)60-57(59-55)40-21-15-20-39(32-40)51-34-41(35-53-48-28-12-10-25-45(48)46-26-13-14-29-50(46)54(51)53)38-30-31-49-44-24-8-7-22-42(44)43-23-9-11-27-47(43)52(49)33-38/h1-35,55H,(H,58,59,60). The Morgan fingerprint density at radius 1 is 0.317 bits per heavy atom. The highest BCUT2D eigenvalue weighted by molar-refractivity contribution is 6.30. The quantitative estimate of drug-likeness (QED) is 0.174. The molecule has 0 aromatic heterocycles. The second-order valence-electron chi connectivity index (χ2n) is 15.7. The lowest BCUT2D eigenvalue weighted by atomic mass is 9.86. The molecule has 60 heavy (non-hydrogen) atoms. The number of amidine groups is 2. The molecule has 0 fully saturated rings. The van der Waals surface area contributed by atoms with Gasteiger partial charge in [0.05, 0.1) is 0 Å². The van der Waals surface area contributed by atoms with Crippen LogP contribution in [0.3, 0.4) is 0 Å². The van der Waals surface area contributed by atoms with E-state index in [0.717, 1.165) is 28.1 Å². The summed E-state index contributed by atoms with van der Waals surface area (Å²) in [5.74, 6) is 1.51. The van der Waals surface area contributed by atoms with Crippen molar-refractivity contribution < 1.29 is 0 Å². The zero-order valence-electron chi connectivity index (χ0n) is 32.7. The van der Waals surface area contributed by atoms with E-state index in [-0.39, 0.29) is 6.17 Å². The molecule has 0 saturated carbocycles. The highest BCUT2D eigenvalue weighted by atomic mass is 15.2. The summed E-state index contributed by atoms with van der Waals surface area (Å²) in [4.78, 5) is 10.3. The van der Waals surface area contributed by atoms with Crippen molar-refractivity contribution in [1.29, 1.82) is 0 Å². The number of rotatable bonds is 5. The minimum Gasteiger partial charge on any atom is -0.344 e. The SMILES string of the molecule is c1ccc(C2=NC(c3ccccc3)NC(c3cccc(-c4cc(-c5ccc6c7ccccc7c7ccccc7c6c5)cc5c6ccccc6c6ccccc6c45)c3)=N2)cc1. The topological polar surface area (TPSA) is 36.8 Å². The van der Waals surface area contributed by atoms with Crippen LogP contribution < -0.4 is 5.32 Å². The first-order chi connectivity index (χ1) is 29.7. The Labute approximate surface area is 347 Å². The summed E-state index contributed by atoms with van der Waals surface area (Å²) >= 11 is 0. The Kier molecular flexibility index (Phi) is 7.92. The molecule has 1 unspecified atom stereocenters. The Balaban J connectivity index is 1.10. The average Bonchev–Trinajstić information content (AvgIpc) is 3.34. The van der Waals surface area contributed by atoms with E-state index in [2.05, 4.69) is 193 Å². The number of benzene rings is 11. The highest BCUT2D eigenvalue weighted by Gasteiger charge is 2.22. The van der Waals surface area contributed by atoms with E-state index in [1.54, 1.807) is 0 Å². The van der Waals surface area contributed by atoms with E-state index in [1.807, 2.05) is 24.3 Å². The Morgan fingerprint density at radius 2 is 0.800 bits per heavy atom. The van der Waals surface area contributed by atoms with Gasteiger partial charge in [-0.25, -0.2) is 9.98 Å². The molecule has 0 amide bonds. The minimum absolute atomic E-state index is 0.280. The van der Waals surface area contributed by atoms with E-state index in [4.69, 9.17) is 9.98 Å². The van der Waals surface area contributed by atoms with Crippen molar-refractivity contribution in [2.45, 2.75) is 6.17 Å². The largest absolute Gasteiger partial charge is 0.344 e. The van der Waals surface area contributed by atoms with E-state index < -0.39 is 0 Å². The van der Waals surface area contributed by atoms with Crippen molar-refractivity contribution in [3.63, 3.8) is 0 Å². The Hall–Kier alpha value is -7.88. The van der Waals surface area contributed by atoms with Gasteiger partial charge in [-0.1, -0.05) is 188 Å². The molecular formula is C57H37N3. The van der Waals surface area contributed by atoms with Crippen LogP contribution in [-0.2, 0) is 0 Å². The predicted octanol–water partition coefficient (Wildman–Crippen LogP) is 14.4. The lowest BCUT2D eigenvalue weighted by Gasteiger charge is -2.24. The van der Waals surface area contributed by atoms with Gasteiger partial charge in [0.1, 0.15) is 12.0 Å². The van der Waals surface area contributed by atoms with Gasteiger partial charge in [0.2, 0.25) is 0 Å². The van der Waals surface area contributed by atoms with Gasteiger partial charge in [-0.3, -0.25) is 0 Å². The van der Waals surface area contributed by atoms with E-state index >= 15 is 0 Å².